The predicted octanol–water partition coefficient (Wildman–Crippen LogP) is 4.72. The Kier molecular flexibility index (Phi) is 5.10. The smallest absolute Gasteiger partial charge is 0.256 e. The van der Waals surface area contributed by atoms with Gasteiger partial charge < -0.3 is 14.8 Å². The molecule has 2 heterocycles. The van der Waals surface area contributed by atoms with Crippen molar-refractivity contribution in [1.82, 2.24) is 9.38 Å². The lowest BCUT2D eigenvalue weighted by molar-refractivity contribution is 0.102. The second-order valence-electron chi connectivity index (χ2n) is 6.77. The molecule has 0 aliphatic rings. The minimum Gasteiger partial charge on any atom is -0.493 e. The molecule has 0 bridgehead atoms. The van der Waals surface area contributed by atoms with Crippen molar-refractivity contribution in [2.24, 2.45) is 0 Å². The molecule has 0 unspecified atom stereocenters. The van der Waals surface area contributed by atoms with E-state index >= 15 is 0 Å². The van der Waals surface area contributed by atoms with Gasteiger partial charge >= 0.3 is 0 Å². The third-order valence-electron chi connectivity index (χ3n) is 4.76. The van der Waals surface area contributed by atoms with Crippen LogP contribution in [0.15, 0.2) is 60.8 Å². The number of imidazole rings is 1. The van der Waals surface area contributed by atoms with Gasteiger partial charge in [-0.05, 0) is 61.0 Å². The summed E-state index contributed by atoms with van der Waals surface area (Å²) in [5, 5.41) is 2.93. The molecule has 0 aliphatic carbocycles. The summed E-state index contributed by atoms with van der Waals surface area (Å²) in [4.78, 5) is 17.5. The number of aromatic nitrogens is 2. The van der Waals surface area contributed by atoms with Crippen LogP contribution >= 0.6 is 0 Å². The molecule has 0 spiro atoms. The van der Waals surface area contributed by atoms with Gasteiger partial charge in [0, 0.05) is 17.3 Å². The zero-order chi connectivity index (χ0) is 21.3. The summed E-state index contributed by atoms with van der Waals surface area (Å²) in [7, 11) is 3.13. The highest BCUT2D eigenvalue weighted by Crippen LogP contribution is 2.35. The van der Waals surface area contributed by atoms with E-state index in [4.69, 9.17) is 14.5 Å². The highest BCUT2D eigenvalue weighted by Gasteiger charge is 2.19. The molecule has 7 heteroatoms. The number of benzene rings is 2. The fourth-order valence-electron chi connectivity index (χ4n) is 3.24. The Morgan fingerprint density at radius 3 is 2.43 bits per heavy atom. The van der Waals surface area contributed by atoms with Crippen LogP contribution in [0.2, 0.25) is 0 Å². The number of aryl methyl sites for hydroxylation is 1. The van der Waals surface area contributed by atoms with Gasteiger partial charge in [0.05, 0.1) is 14.2 Å². The number of carbonyl (C=O) groups is 1. The summed E-state index contributed by atoms with van der Waals surface area (Å²) in [6.45, 7) is 1.96. The molecule has 0 fully saturated rings. The zero-order valence-electron chi connectivity index (χ0n) is 16.8. The number of hydrogen-bond acceptors (Lipinski definition) is 4. The second kappa shape index (κ2) is 7.87. The van der Waals surface area contributed by atoms with E-state index < -0.39 is 5.82 Å². The SMILES string of the molecule is COc1ccc(-c2nc3ccc(C)cn3c2NC(=O)c2ccc(F)cc2)cc1OC. The number of ether oxygens (including phenoxy) is 2. The second-order valence-corrected chi connectivity index (χ2v) is 6.77. The molecule has 0 saturated carbocycles. The maximum absolute atomic E-state index is 13.2. The van der Waals surface area contributed by atoms with Crippen LogP contribution in [0.5, 0.6) is 11.5 Å². The minimum absolute atomic E-state index is 0.345. The van der Waals surface area contributed by atoms with Gasteiger partial charge in [-0.25, -0.2) is 9.37 Å². The van der Waals surface area contributed by atoms with Crippen molar-refractivity contribution < 1.29 is 18.7 Å². The number of amides is 1. The number of pyridine rings is 1. The first-order valence-corrected chi connectivity index (χ1v) is 9.28. The average Bonchev–Trinajstić information content (AvgIpc) is 3.11. The highest BCUT2D eigenvalue weighted by molar-refractivity contribution is 6.05. The molecule has 1 N–H and O–H groups in total. The van der Waals surface area contributed by atoms with E-state index in [0.717, 1.165) is 11.1 Å². The number of fused-ring (bicyclic) bond motifs is 1. The lowest BCUT2D eigenvalue weighted by Crippen LogP contribution is -2.14. The minimum atomic E-state index is -0.400. The largest absolute Gasteiger partial charge is 0.493 e. The van der Waals surface area contributed by atoms with Gasteiger partial charge in [-0.2, -0.15) is 0 Å². The zero-order valence-corrected chi connectivity index (χ0v) is 16.8. The molecule has 0 saturated heterocycles. The summed E-state index contributed by atoms with van der Waals surface area (Å²) in [6.07, 6.45) is 1.90. The fourth-order valence-corrected chi connectivity index (χ4v) is 3.24. The number of methoxy groups -OCH3 is 2. The molecule has 30 heavy (non-hydrogen) atoms. The van der Waals surface area contributed by atoms with Gasteiger partial charge in [0.2, 0.25) is 0 Å². The number of nitrogens with zero attached hydrogens (tertiary/aromatic N) is 2. The van der Waals surface area contributed by atoms with E-state index in [-0.39, 0.29) is 5.91 Å². The summed E-state index contributed by atoms with van der Waals surface area (Å²) in [6, 6.07) is 14.7. The third kappa shape index (κ3) is 3.57. The average molecular weight is 405 g/mol. The Labute approximate surface area is 172 Å². The van der Waals surface area contributed by atoms with Crippen molar-refractivity contribution in [3.05, 3.63) is 77.7 Å². The van der Waals surface area contributed by atoms with Crippen LogP contribution in [0.3, 0.4) is 0 Å². The fraction of sp³-hybridized carbons (Fsp3) is 0.130. The summed E-state index contributed by atoms with van der Waals surface area (Å²) >= 11 is 0. The summed E-state index contributed by atoms with van der Waals surface area (Å²) < 4.78 is 25.8. The van der Waals surface area contributed by atoms with Crippen molar-refractivity contribution in [3.63, 3.8) is 0 Å². The summed E-state index contributed by atoms with van der Waals surface area (Å²) in [5.41, 5.74) is 3.37. The normalized spacial score (nSPS) is 10.8. The van der Waals surface area contributed by atoms with Crippen LogP contribution < -0.4 is 14.8 Å². The van der Waals surface area contributed by atoms with Gasteiger partial charge in [-0.15, -0.1) is 0 Å². The predicted molar refractivity (Wildman–Crippen MR) is 113 cm³/mol. The van der Waals surface area contributed by atoms with E-state index in [1.807, 2.05) is 35.7 Å². The molecule has 0 atom stereocenters. The summed E-state index contributed by atoms with van der Waals surface area (Å²) in [5.74, 6) is 0.898. The number of rotatable bonds is 5. The van der Waals surface area contributed by atoms with Crippen LogP contribution in [0, 0.1) is 12.7 Å². The van der Waals surface area contributed by atoms with E-state index in [1.165, 1.54) is 24.3 Å². The first-order valence-electron chi connectivity index (χ1n) is 9.28. The Morgan fingerprint density at radius 2 is 1.73 bits per heavy atom. The number of anilines is 1. The molecule has 2 aromatic heterocycles. The van der Waals surface area contributed by atoms with Crippen molar-refractivity contribution in [2.75, 3.05) is 19.5 Å². The topological polar surface area (TPSA) is 64.9 Å². The quantitative estimate of drug-likeness (QED) is 0.522. The molecular formula is C23H20FN3O3. The Hall–Kier alpha value is -3.87. The van der Waals surface area contributed by atoms with Gasteiger partial charge in [-0.3, -0.25) is 9.20 Å². The van der Waals surface area contributed by atoms with Gasteiger partial charge in [0.1, 0.15) is 23.0 Å². The van der Waals surface area contributed by atoms with Crippen molar-refractivity contribution in [2.45, 2.75) is 6.92 Å². The molecular weight excluding hydrogens is 385 g/mol. The number of halogens is 1. The molecule has 152 valence electrons. The maximum Gasteiger partial charge on any atom is 0.256 e. The number of nitrogens with one attached hydrogen (secondary N) is 1. The van der Waals surface area contributed by atoms with E-state index in [0.29, 0.717) is 34.2 Å². The highest BCUT2D eigenvalue weighted by atomic mass is 19.1. The Morgan fingerprint density at radius 1 is 1.00 bits per heavy atom. The molecule has 4 rings (SSSR count). The van der Waals surface area contributed by atoms with Crippen molar-refractivity contribution in [1.29, 1.82) is 0 Å². The first kappa shape index (κ1) is 19.4. The van der Waals surface area contributed by atoms with E-state index in [1.54, 1.807) is 26.4 Å². The van der Waals surface area contributed by atoms with Crippen LogP contribution in [0.1, 0.15) is 15.9 Å². The monoisotopic (exact) mass is 405 g/mol. The third-order valence-corrected chi connectivity index (χ3v) is 4.76. The van der Waals surface area contributed by atoms with Gasteiger partial charge in [0.25, 0.3) is 5.91 Å². The number of hydrogen-bond donors (Lipinski definition) is 1. The van der Waals surface area contributed by atoms with E-state index in [2.05, 4.69) is 5.32 Å². The Bertz CT molecular complexity index is 1230. The van der Waals surface area contributed by atoms with Crippen molar-refractivity contribution in [3.8, 4) is 22.8 Å². The lowest BCUT2D eigenvalue weighted by Gasteiger charge is -2.11. The molecule has 0 aliphatic heterocycles. The van der Waals surface area contributed by atoms with Crippen LogP contribution in [0.4, 0.5) is 10.2 Å². The van der Waals surface area contributed by atoms with Crippen LogP contribution in [-0.2, 0) is 0 Å². The van der Waals surface area contributed by atoms with Crippen LogP contribution in [-0.4, -0.2) is 29.5 Å². The van der Waals surface area contributed by atoms with Crippen molar-refractivity contribution >= 4 is 17.4 Å². The molecule has 0 radical (unpaired) electrons. The standard InChI is InChI=1S/C23H20FN3O3/c1-14-4-11-20-25-21(16-7-10-18(29-2)19(12-16)30-3)22(27(20)13-14)26-23(28)15-5-8-17(24)9-6-15/h4-13H,1-3H3,(H,26,28). The maximum atomic E-state index is 13.2. The van der Waals surface area contributed by atoms with Gasteiger partial charge in [0.15, 0.2) is 11.5 Å². The molecule has 6 nitrogen and oxygen atoms in total. The van der Waals surface area contributed by atoms with Gasteiger partial charge in [-0.1, -0.05) is 6.07 Å². The molecule has 4 aromatic rings. The molecule has 1 amide bonds. The lowest BCUT2D eigenvalue weighted by atomic mass is 10.1. The van der Waals surface area contributed by atoms with E-state index in [9.17, 15) is 9.18 Å². The molecule has 2 aromatic carbocycles. The number of carbonyl (C=O) groups excluding carboxylic acids is 1. The van der Waals surface area contributed by atoms with Crippen LogP contribution in [0.25, 0.3) is 16.9 Å². The Balaban J connectivity index is 1.84. The first-order chi connectivity index (χ1) is 14.5.